The fraction of sp³-hybridized carbons (Fsp3) is 0.348. The van der Waals surface area contributed by atoms with Crippen molar-refractivity contribution in [2.24, 2.45) is 0 Å². The molecule has 0 bridgehead atoms. The van der Waals surface area contributed by atoms with Crippen molar-refractivity contribution in [2.75, 3.05) is 20.8 Å². The number of nitro benzene ring substituents is 1. The highest BCUT2D eigenvalue weighted by Crippen LogP contribution is 2.45. The fourth-order valence-electron chi connectivity index (χ4n) is 3.46. The van der Waals surface area contributed by atoms with Crippen LogP contribution in [0.25, 0.3) is 5.69 Å². The summed E-state index contributed by atoms with van der Waals surface area (Å²) >= 11 is 6.86. The summed E-state index contributed by atoms with van der Waals surface area (Å²) in [4.78, 5) is 34.7. The molecule has 210 valence electrons. The van der Waals surface area contributed by atoms with E-state index in [9.17, 15) is 32.9 Å². The quantitative estimate of drug-likeness (QED) is 0.214. The molecule has 1 N–H and O–H groups in total. The van der Waals surface area contributed by atoms with Gasteiger partial charge in [0.1, 0.15) is 17.1 Å². The largest absolute Gasteiger partial charge is 0.495 e. The lowest BCUT2D eigenvalue weighted by atomic mass is 9.85. The van der Waals surface area contributed by atoms with E-state index in [4.69, 9.17) is 21.1 Å². The first-order valence-electron chi connectivity index (χ1n) is 10.9. The summed E-state index contributed by atoms with van der Waals surface area (Å²) in [6, 6.07) is 4.12. The van der Waals surface area contributed by atoms with Gasteiger partial charge in [0, 0.05) is 12.1 Å². The normalized spacial score (nSPS) is 11.8. The van der Waals surface area contributed by atoms with Crippen LogP contribution in [0.15, 0.2) is 39.1 Å². The van der Waals surface area contributed by atoms with Crippen molar-refractivity contribution in [3.05, 3.63) is 61.0 Å². The maximum absolute atomic E-state index is 13.7. The minimum Gasteiger partial charge on any atom is -0.495 e. The molecule has 0 amide bonds. The number of nitrogens with one attached hydrogen (secondary N) is 1. The predicted molar refractivity (Wildman–Crippen MR) is 134 cm³/mol. The number of benzene rings is 2. The molecule has 0 aliphatic carbocycles. The van der Waals surface area contributed by atoms with Crippen LogP contribution < -0.4 is 15.2 Å². The number of ether oxygens (including phenoxy) is 3. The topological polar surface area (TPSA) is 139 Å². The summed E-state index contributed by atoms with van der Waals surface area (Å²) in [6.45, 7) is 4.71. The number of halogens is 4. The maximum Gasteiger partial charge on any atom is 0.420 e. The van der Waals surface area contributed by atoms with Gasteiger partial charge in [-0.05, 0) is 34.9 Å². The number of carbonyl (C=O) groups is 1. The van der Waals surface area contributed by atoms with Crippen LogP contribution in [0, 0.1) is 10.1 Å². The zero-order chi connectivity index (χ0) is 29.3. The minimum atomic E-state index is -5.05. The molecule has 3 rings (SSSR count). The third-order valence-electron chi connectivity index (χ3n) is 5.30. The zero-order valence-corrected chi connectivity index (χ0v) is 22.7. The summed E-state index contributed by atoms with van der Waals surface area (Å²) in [5.41, 5.74) is -2.83. The number of hydrogen-bond donors (Lipinski definition) is 1. The van der Waals surface area contributed by atoms with Gasteiger partial charge in [-0.3, -0.25) is 10.1 Å². The van der Waals surface area contributed by atoms with Crippen LogP contribution >= 0.6 is 23.4 Å². The molecule has 0 aliphatic rings. The van der Waals surface area contributed by atoms with Crippen molar-refractivity contribution < 1.29 is 37.1 Å². The van der Waals surface area contributed by atoms with Crippen molar-refractivity contribution in [2.45, 2.75) is 42.4 Å². The number of alkyl halides is 3. The minimum absolute atomic E-state index is 0.145. The van der Waals surface area contributed by atoms with E-state index in [0.29, 0.717) is 23.1 Å². The molecule has 39 heavy (non-hydrogen) atoms. The Morgan fingerprint density at radius 1 is 1.15 bits per heavy atom. The van der Waals surface area contributed by atoms with Crippen LogP contribution in [0.3, 0.4) is 0 Å². The van der Waals surface area contributed by atoms with Crippen molar-refractivity contribution in [3.8, 4) is 17.2 Å². The Morgan fingerprint density at radius 2 is 1.82 bits per heavy atom. The second-order valence-electron chi connectivity index (χ2n) is 8.94. The second-order valence-corrected chi connectivity index (χ2v) is 10.4. The zero-order valence-electron chi connectivity index (χ0n) is 21.1. The summed E-state index contributed by atoms with van der Waals surface area (Å²) in [7, 11) is 2.43. The molecule has 1 aromatic heterocycles. The molecule has 0 saturated carbocycles. The smallest absolute Gasteiger partial charge is 0.420 e. The summed E-state index contributed by atoms with van der Waals surface area (Å²) in [6.07, 6.45) is -5.05. The van der Waals surface area contributed by atoms with Crippen molar-refractivity contribution in [1.29, 1.82) is 0 Å². The van der Waals surface area contributed by atoms with Gasteiger partial charge in [0.15, 0.2) is 6.61 Å². The highest BCUT2D eigenvalue weighted by molar-refractivity contribution is 7.99. The first-order chi connectivity index (χ1) is 18.1. The predicted octanol–water partition coefficient (Wildman–Crippen LogP) is 5.15. The van der Waals surface area contributed by atoms with E-state index >= 15 is 0 Å². The lowest BCUT2D eigenvalue weighted by Gasteiger charge is -2.24. The van der Waals surface area contributed by atoms with E-state index in [0.717, 1.165) is 17.7 Å². The highest BCUT2D eigenvalue weighted by atomic mass is 35.5. The number of nitro groups is 1. The first kappa shape index (κ1) is 29.8. The van der Waals surface area contributed by atoms with Gasteiger partial charge in [0.05, 0.1) is 34.7 Å². The Morgan fingerprint density at radius 3 is 2.36 bits per heavy atom. The van der Waals surface area contributed by atoms with E-state index in [-0.39, 0.29) is 26.8 Å². The van der Waals surface area contributed by atoms with Gasteiger partial charge in [-0.25, -0.2) is 19.3 Å². The fourth-order valence-corrected chi connectivity index (χ4v) is 4.66. The number of H-pyrrole nitrogens is 1. The molecule has 16 heteroatoms. The molecule has 11 nitrogen and oxygen atoms in total. The number of esters is 1. The van der Waals surface area contributed by atoms with Gasteiger partial charge in [0.25, 0.3) is 5.69 Å². The van der Waals surface area contributed by atoms with Crippen molar-refractivity contribution >= 4 is 35.0 Å². The summed E-state index contributed by atoms with van der Waals surface area (Å²) < 4.78 is 56.8. The van der Waals surface area contributed by atoms with Gasteiger partial charge in [-0.15, -0.1) is 5.10 Å². The summed E-state index contributed by atoms with van der Waals surface area (Å²) in [5, 5.41) is 17.9. The number of rotatable bonds is 8. The molecule has 0 spiro atoms. The third kappa shape index (κ3) is 6.47. The van der Waals surface area contributed by atoms with Crippen LogP contribution in [0.1, 0.15) is 31.9 Å². The molecule has 0 fully saturated rings. The summed E-state index contributed by atoms with van der Waals surface area (Å²) in [5.74, 6) is -1.49. The average Bonchev–Trinajstić information content (AvgIpc) is 3.20. The average molecular weight is 591 g/mol. The SMILES string of the molecule is COC(=O)COc1cc(Sc2n[nH]c(=O)n2-c2cc(Cl)c(OC)cc2C(C)(C)C)c([N+](=O)[O-])cc1C(F)(F)F. The molecule has 0 atom stereocenters. The Balaban J connectivity index is 2.23. The Labute approximate surface area is 228 Å². The first-order valence-corrected chi connectivity index (χ1v) is 12.1. The number of nitrogens with zero attached hydrogens (tertiary/aromatic N) is 3. The van der Waals surface area contributed by atoms with Gasteiger partial charge in [-0.2, -0.15) is 13.2 Å². The van der Waals surface area contributed by atoms with Crippen LogP contribution in [0.4, 0.5) is 18.9 Å². The number of aromatic amines is 1. The van der Waals surface area contributed by atoms with E-state index < -0.39 is 51.8 Å². The molecule has 3 aromatic rings. The molecule has 2 aromatic carbocycles. The van der Waals surface area contributed by atoms with E-state index in [1.807, 2.05) is 20.8 Å². The lowest BCUT2D eigenvalue weighted by molar-refractivity contribution is -0.388. The maximum atomic E-state index is 13.7. The second kappa shape index (κ2) is 11.2. The van der Waals surface area contributed by atoms with Gasteiger partial charge in [0.2, 0.25) is 5.16 Å². The van der Waals surface area contributed by atoms with Crippen molar-refractivity contribution in [3.63, 3.8) is 0 Å². The van der Waals surface area contributed by atoms with Crippen molar-refractivity contribution in [1.82, 2.24) is 14.8 Å². The van der Waals surface area contributed by atoms with Gasteiger partial charge >= 0.3 is 17.8 Å². The molecule has 1 heterocycles. The monoisotopic (exact) mass is 590 g/mol. The van der Waals surface area contributed by atoms with Crippen LogP contribution in [-0.4, -0.2) is 46.5 Å². The van der Waals surface area contributed by atoms with Crippen LogP contribution in [-0.2, 0) is 21.1 Å². The van der Waals surface area contributed by atoms with Gasteiger partial charge in [-0.1, -0.05) is 32.4 Å². The molecular weight excluding hydrogens is 569 g/mol. The molecule has 0 radical (unpaired) electrons. The third-order valence-corrected chi connectivity index (χ3v) is 6.60. The Kier molecular flexibility index (Phi) is 8.55. The molecule has 0 unspecified atom stereocenters. The Bertz CT molecular complexity index is 1480. The number of carbonyl (C=O) groups excluding carboxylic acids is 1. The number of methoxy groups -OCH3 is 2. The number of hydrogen-bond acceptors (Lipinski definition) is 9. The molecule has 0 saturated heterocycles. The van der Waals surface area contributed by atoms with Crippen LogP contribution in [0.5, 0.6) is 11.5 Å². The van der Waals surface area contributed by atoms with Gasteiger partial charge < -0.3 is 14.2 Å². The molecular formula is C23H22ClF3N4O7S. The number of aromatic nitrogens is 3. The lowest BCUT2D eigenvalue weighted by Crippen LogP contribution is -2.22. The van der Waals surface area contributed by atoms with Crippen LogP contribution in [0.2, 0.25) is 5.02 Å². The van der Waals surface area contributed by atoms with E-state index in [1.54, 1.807) is 6.07 Å². The highest BCUT2D eigenvalue weighted by Gasteiger charge is 2.38. The van der Waals surface area contributed by atoms with E-state index in [1.165, 1.54) is 13.2 Å². The standard InChI is InChI=1S/C23H22ClF3N4O7S/c1-22(2,3)11-7-17(36-4)13(24)8-14(11)30-20(33)28-29-21(30)39-18-9-16(38-10-19(32)37-5)12(23(25,26)27)6-15(18)31(34)35/h6-9H,10H2,1-5H3,(H,28,33). The molecule has 0 aliphatic heterocycles. The Hall–Kier alpha value is -3.72. The van der Waals surface area contributed by atoms with E-state index in [2.05, 4.69) is 14.9 Å².